The molecule has 0 radical (unpaired) electrons. The van der Waals surface area contributed by atoms with Crippen molar-refractivity contribution in [2.45, 2.75) is 12.5 Å². The Balaban J connectivity index is 1.50. The number of hydrogen-bond acceptors (Lipinski definition) is 6. The van der Waals surface area contributed by atoms with Gasteiger partial charge in [-0.1, -0.05) is 66.2 Å². The predicted molar refractivity (Wildman–Crippen MR) is 125 cm³/mol. The van der Waals surface area contributed by atoms with E-state index in [4.69, 9.17) is 26.8 Å². The van der Waals surface area contributed by atoms with Crippen LogP contribution >= 0.6 is 11.6 Å². The number of rotatable bonds is 4. The van der Waals surface area contributed by atoms with Crippen LogP contribution in [0.5, 0.6) is 5.75 Å². The molecule has 2 N–H and O–H groups in total. The summed E-state index contributed by atoms with van der Waals surface area (Å²) < 4.78 is 11.4. The van der Waals surface area contributed by atoms with Gasteiger partial charge in [0.25, 0.3) is 0 Å². The fourth-order valence-electron chi connectivity index (χ4n) is 4.17. The Labute approximate surface area is 200 Å². The molecule has 1 aliphatic carbocycles. The molecular weight excluding hydrogens is 452 g/mol. The second kappa shape index (κ2) is 8.54. The largest absolute Gasteiger partial charge is 0.489 e. The number of benzene rings is 3. The molecule has 1 unspecified atom stereocenters. The van der Waals surface area contributed by atoms with Crippen LogP contribution in [0.1, 0.15) is 37.8 Å². The summed E-state index contributed by atoms with van der Waals surface area (Å²) in [5, 5.41) is 10.4. The third-order valence-corrected chi connectivity index (χ3v) is 6.22. The highest BCUT2D eigenvalue weighted by molar-refractivity contribution is 6.31. The zero-order valence-corrected chi connectivity index (χ0v) is 18.5. The molecule has 1 atom stereocenters. The second-order valence-electron chi connectivity index (χ2n) is 7.82. The summed E-state index contributed by atoms with van der Waals surface area (Å²) in [5.41, 5.74) is 8.18. The summed E-state index contributed by atoms with van der Waals surface area (Å²) in [4.78, 5) is 26.5. The van der Waals surface area contributed by atoms with E-state index in [0.29, 0.717) is 16.3 Å². The lowest BCUT2D eigenvalue weighted by molar-refractivity contribution is 0.0897. The van der Waals surface area contributed by atoms with Crippen molar-refractivity contribution in [1.29, 1.82) is 5.26 Å². The Hall–Kier alpha value is -4.34. The summed E-state index contributed by atoms with van der Waals surface area (Å²) in [5.74, 6) is -1.38. The molecule has 0 aromatic heterocycles. The van der Waals surface area contributed by atoms with Gasteiger partial charge in [-0.25, -0.2) is 0 Å². The summed E-state index contributed by atoms with van der Waals surface area (Å²) in [6.07, 6.45) is 0. The summed E-state index contributed by atoms with van der Waals surface area (Å²) in [6, 6.07) is 22.9. The van der Waals surface area contributed by atoms with Crippen LogP contribution in [0.4, 0.5) is 0 Å². The van der Waals surface area contributed by atoms with Gasteiger partial charge in [0.1, 0.15) is 24.0 Å². The maximum absolute atomic E-state index is 13.4. The number of nitrogens with two attached hydrogens (primary N) is 1. The molecule has 3 aromatic carbocycles. The Kier molecular flexibility index (Phi) is 5.40. The molecule has 6 nitrogen and oxygen atoms in total. The van der Waals surface area contributed by atoms with Crippen LogP contribution in [0.2, 0.25) is 5.02 Å². The van der Waals surface area contributed by atoms with Gasteiger partial charge >= 0.3 is 0 Å². The minimum Gasteiger partial charge on any atom is -0.489 e. The van der Waals surface area contributed by atoms with Crippen LogP contribution in [-0.4, -0.2) is 11.6 Å². The van der Waals surface area contributed by atoms with Gasteiger partial charge in [-0.15, -0.1) is 0 Å². The SMILES string of the molecule is N#CC1=C(N)OC2=C(C(=O)c3ccccc3C2=O)C1c1ccc(OCc2ccccc2Cl)cc1. The Morgan fingerprint density at radius 2 is 1.59 bits per heavy atom. The molecule has 0 saturated heterocycles. The molecule has 0 bridgehead atoms. The zero-order chi connectivity index (χ0) is 23.8. The number of Topliss-reactive ketones (excluding diaryl/α,β-unsaturated/α-hetero) is 2. The van der Waals surface area contributed by atoms with E-state index in [-0.39, 0.29) is 46.3 Å². The van der Waals surface area contributed by atoms with E-state index in [1.807, 2.05) is 24.3 Å². The lowest BCUT2D eigenvalue weighted by Gasteiger charge is -2.31. The van der Waals surface area contributed by atoms with Crippen molar-refractivity contribution >= 4 is 23.2 Å². The molecular formula is C27H17ClN2O4. The van der Waals surface area contributed by atoms with Gasteiger partial charge in [-0.2, -0.15) is 5.26 Å². The van der Waals surface area contributed by atoms with Gasteiger partial charge in [-0.3, -0.25) is 9.59 Å². The molecule has 1 heterocycles. The van der Waals surface area contributed by atoms with E-state index < -0.39 is 11.7 Å². The van der Waals surface area contributed by atoms with E-state index in [0.717, 1.165) is 5.56 Å². The van der Waals surface area contributed by atoms with Gasteiger partial charge in [-0.05, 0) is 23.8 Å². The van der Waals surface area contributed by atoms with Crippen LogP contribution < -0.4 is 10.5 Å². The number of carbonyl (C=O) groups is 2. The quantitative estimate of drug-likeness (QED) is 0.574. The second-order valence-corrected chi connectivity index (χ2v) is 8.23. The minimum absolute atomic E-state index is 0.0732. The number of ketones is 2. The lowest BCUT2D eigenvalue weighted by atomic mass is 9.75. The maximum Gasteiger partial charge on any atom is 0.229 e. The van der Waals surface area contributed by atoms with Crippen molar-refractivity contribution in [2.75, 3.05) is 0 Å². The van der Waals surface area contributed by atoms with E-state index in [1.165, 1.54) is 0 Å². The molecule has 3 aromatic rings. The number of halogens is 1. The smallest absolute Gasteiger partial charge is 0.229 e. The van der Waals surface area contributed by atoms with E-state index >= 15 is 0 Å². The molecule has 2 aliphatic rings. The number of nitrogens with zero attached hydrogens (tertiary/aromatic N) is 1. The highest BCUT2D eigenvalue weighted by Crippen LogP contribution is 2.44. The highest BCUT2D eigenvalue weighted by Gasteiger charge is 2.43. The maximum atomic E-state index is 13.4. The van der Waals surface area contributed by atoms with Crippen LogP contribution in [0.15, 0.2) is 95.6 Å². The van der Waals surface area contributed by atoms with Crippen LogP contribution in [0, 0.1) is 11.3 Å². The van der Waals surface area contributed by atoms with Crippen LogP contribution in [0.3, 0.4) is 0 Å². The number of nitriles is 1. The predicted octanol–water partition coefficient (Wildman–Crippen LogP) is 5.06. The number of ether oxygens (including phenoxy) is 2. The first-order chi connectivity index (χ1) is 16.5. The average Bonchev–Trinajstić information content (AvgIpc) is 2.86. The van der Waals surface area contributed by atoms with E-state index in [9.17, 15) is 14.9 Å². The van der Waals surface area contributed by atoms with Crippen molar-refractivity contribution in [1.82, 2.24) is 0 Å². The third kappa shape index (κ3) is 3.53. The normalized spacial score (nSPS) is 17.0. The first-order valence-electron chi connectivity index (χ1n) is 10.5. The van der Waals surface area contributed by atoms with Crippen molar-refractivity contribution in [2.24, 2.45) is 5.73 Å². The summed E-state index contributed by atoms with van der Waals surface area (Å²) in [7, 11) is 0. The molecule has 166 valence electrons. The van der Waals surface area contributed by atoms with Gasteiger partial charge in [0, 0.05) is 21.7 Å². The lowest BCUT2D eigenvalue weighted by Crippen LogP contribution is -2.32. The number of hydrogen-bond donors (Lipinski definition) is 1. The van der Waals surface area contributed by atoms with E-state index in [1.54, 1.807) is 54.6 Å². The first-order valence-corrected chi connectivity index (χ1v) is 10.8. The number of allylic oxidation sites excluding steroid dienone is 3. The molecule has 34 heavy (non-hydrogen) atoms. The van der Waals surface area contributed by atoms with Crippen LogP contribution in [-0.2, 0) is 11.3 Å². The zero-order valence-electron chi connectivity index (χ0n) is 17.7. The topological polar surface area (TPSA) is 102 Å². The van der Waals surface area contributed by atoms with Gasteiger partial charge in [0.05, 0.1) is 11.5 Å². The van der Waals surface area contributed by atoms with Crippen molar-refractivity contribution in [3.8, 4) is 11.8 Å². The number of fused-ring (bicyclic) bond motifs is 1. The Morgan fingerprint density at radius 3 is 2.26 bits per heavy atom. The van der Waals surface area contributed by atoms with Gasteiger partial charge in [0.2, 0.25) is 11.7 Å². The van der Waals surface area contributed by atoms with Gasteiger partial charge < -0.3 is 15.2 Å². The Morgan fingerprint density at radius 1 is 0.941 bits per heavy atom. The fraction of sp³-hybridized carbons (Fsp3) is 0.0741. The highest BCUT2D eigenvalue weighted by atomic mass is 35.5. The number of carbonyl (C=O) groups excluding carboxylic acids is 2. The van der Waals surface area contributed by atoms with Crippen LogP contribution in [0.25, 0.3) is 0 Å². The first kappa shape index (κ1) is 21.5. The van der Waals surface area contributed by atoms with Crippen molar-refractivity contribution in [3.05, 3.63) is 123 Å². The molecule has 0 saturated carbocycles. The Bertz CT molecular complexity index is 1450. The van der Waals surface area contributed by atoms with E-state index in [2.05, 4.69) is 0 Å². The monoisotopic (exact) mass is 468 g/mol. The molecule has 1 aliphatic heterocycles. The molecule has 0 amide bonds. The van der Waals surface area contributed by atoms with Gasteiger partial charge in [0.15, 0.2) is 11.5 Å². The molecule has 0 spiro atoms. The third-order valence-electron chi connectivity index (χ3n) is 5.85. The standard InChI is InChI=1S/C27H17ClN2O4/c28-21-8-4-1-5-16(21)14-33-17-11-9-15(10-12-17)22-20(13-29)27(30)34-26-23(22)24(31)18-6-2-3-7-19(18)25(26)32/h1-12,22H,14,30H2. The molecule has 7 heteroatoms. The van der Waals surface area contributed by atoms with Crippen molar-refractivity contribution in [3.63, 3.8) is 0 Å². The fourth-order valence-corrected chi connectivity index (χ4v) is 4.36. The molecule has 5 rings (SSSR count). The molecule has 0 fully saturated rings. The van der Waals surface area contributed by atoms with Crippen molar-refractivity contribution < 1.29 is 19.1 Å². The summed E-state index contributed by atoms with van der Waals surface area (Å²) in [6.45, 7) is 0.283. The summed E-state index contributed by atoms with van der Waals surface area (Å²) >= 11 is 6.19. The average molecular weight is 469 g/mol. The minimum atomic E-state index is -0.837.